The lowest BCUT2D eigenvalue weighted by Gasteiger charge is -1.90. The van der Waals surface area contributed by atoms with E-state index in [1.807, 2.05) is 12.1 Å². The molecule has 10 heavy (non-hydrogen) atoms. The zero-order valence-corrected chi connectivity index (χ0v) is 5.23. The van der Waals surface area contributed by atoms with Crippen LogP contribution < -0.4 is 0 Å². The number of pyridine rings is 1. The Morgan fingerprint density at radius 1 is 1.40 bits per heavy atom. The van der Waals surface area contributed by atoms with Gasteiger partial charge in [0.05, 0.1) is 6.20 Å². The predicted octanol–water partition coefficient (Wildman–Crippen LogP) is 1.27. The van der Waals surface area contributed by atoms with Crippen LogP contribution in [0.1, 0.15) is 0 Å². The van der Waals surface area contributed by atoms with Crippen LogP contribution >= 0.6 is 0 Å². The third kappa shape index (κ3) is 0.572. The minimum absolute atomic E-state index is 0.738. The molecule has 0 saturated carbocycles. The Hall–Kier alpha value is -1.51. The lowest BCUT2D eigenvalue weighted by Crippen LogP contribution is -1.85. The first-order valence-electron chi connectivity index (χ1n) is 2.98. The van der Waals surface area contributed by atoms with Gasteiger partial charge in [-0.1, -0.05) is 0 Å². The maximum Gasteiger partial charge on any atom is 0.105 e. The number of fused-ring (bicyclic) bond motifs is 1. The van der Waals surface area contributed by atoms with Gasteiger partial charge in [0, 0.05) is 17.8 Å². The minimum Gasteiger partial charge on any atom is -0.428 e. The second-order valence-electron chi connectivity index (χ2n) is 2.09. The molecular formula is C7H6N2O. The Bertz CT molecular complexity index is 353. The average molecular weight is 134 g/mol. The molecule has 0 spiro atoms. The molecule has 0 aliphatic carbocycles. The molecule has 50 valence electrons. The fourth-order valence-corrected chi connectivity index (χ4v) is 0.960. The predicted molar refractivity (Wildman–Crippen MR) is 36.9 cm³/mol. The van der Waals surface area contributed by atoms with Crippen LogP contribution in [0.25, 0.3) is 10.9 Å². The molecule has 0 amide bonds. The summed E-state index contributed by atoms with van der Waals surface area (Å²) in [4.78, 5) is 3.87. The van der Waals surface area contributed by atoms with E-state index in [0.717, 1.165) is 15.6 Å². The van der Waals surface area contributed by atoms with Crippen molar-refractivity contribution in [2.45, 2.75) is 0 Å². The molecule has 0 saturated heterocycles. The number of rotatable bonds is 0. The fourth-order valence-electron chi connectivity index (χ4n) is 0.960. The highest BCUT2D eigenvalue weighted by Crippen LogP contribution is 2.10. The first-order chi connectivity index (χ1) is 4.88. The van der Waals surface area contributed by atoms with Crippen LogP contribution in [0.4, 0.5) is 0 Å². The number of nitrogens with zero attached hydrogens (tertiary/aromatic N) is 2. The summed E-state index contributed by atoms with van der Waals surface area (Å²) in [5.41, 5.74) is 0.738. The van der Waals surface area contributed by atoms with E-state index in [0.29, 0.717) is 0 Å². The van der Waals surface area contributed by atoms with Crippen molar-refractivity contribution < 1.29 is 5.21 Å². The lowest BCUT2D eigenvalue weighted by molar-refractivity contribution is 0.200. The SMILES string of the molecule is On1ccc2ccncc21. The minimum atomic E-state index is 0.738. The van der Waals surface area contributed by atoms with Crippen molar-refractivity contribution in [3.05, 3.63) is 30.7 Å². The maximum absolute atomic E-state index is 9.09. The second-order valence-corrected chi connectivity index (χ2v) is 2.09. The van der Waals surface area contributed by atoms with Crippen molar-refractivity contribution in [2.75, 3.05) is 0 Å². The summed E-state index contributed by atoms with van der Waals surface area (Å²) in [7, 11) is 0. The van der Waals surface area contributed by atoms with Crippen LogP contribution in [0.15, 0.2) is 30.7 Å². The van der Waals surface area contributed by atoms with Gasteiger partial charge in [-0.25, -0.2) is 0 Å². The summed E-state index contributed by atoms with van der Waals surface area (Å²) in [5, 5.41) is 10.1. The van der Waals surface area contributed by atoms with Crippen molar-refractivity contribution in [1.82, 2.24) is 9.71 Å². The molecule has 0 aliphatic heterocycles. The largest absolute Gasteiger partial charge is 0.428 e. The highest BCUT2D eigenvalue weighted by atomic mass is 16.5. The summed E-state index contributed by atoms with van der Waals surface area (Å²) >= 11 is 0. The Morgan fingerprint density at radius 3 is 3.10 bits per heavy atom. The Labute approximate surface area is 57.5 Å². The Balaban J connectivity index is 2.93. The van der Waals surface area contributed by atoms with Crippen molar-refractivity contribution >= 4 is 10.9 Å². The Kier molecular flexibility index (Phi) is 0.917. The van der Waals surface area contributed by atoms with Gasteiger partial charge in [0.15, 0.2) is 0 Å². The van der Waals surface area contributed by atoms with E-state index < -0.39 is 0 Å². The van der Waals surface area contributed by atoms with Gasteiger partial charge < -0.3 is 5.21 Å². The van der Waals surface area contributed by atoms with Crippen LogP contribution in [0.2, 0.25) is 0 Å². The van der Waals surface area contributed by atoms with Crippen LogP contribution in [-0.2, 0) is 0 Å². The fraction of sp³-hybridized carbons (Fsp3) is 0. The lowest BCUT2D eigenvalue weighted by atomic mass is 10.3. The smallest absolute Gasteiger partial charge is 0.105 e. The molecule has 3 heteroatoms. The molecule has 1 N–H and O–H groups in total. The molecule has 2 rings (SSSR count). The van der Waals surface area contributed by atoms with Gasteiger partial charge in [-0.3, -0.25) is 4.98 Å². The standard InChI is InChI=1S/C7H6N2O/c10-9-4-2-6-1-3-8-5-7(6)9/h1-5,10H. The van der Waals surface area contributed by atoms with E-state index in [9.17, 15) is 0 Å². The van der Waals surface area contributed by atoms with Gasteiger partial charge in [-0.2, -0.15) is 4.73 Å². The molecule has 3 nitrogen and oxygen atoms in total. The van der Waals surface area contributed by atoms with Gasteiger partial charge in [0.25, 0.3) is 0 Å². The number of aromatic nitrogens is 2. The van der Waals surface area contributed by atoms with E-state index in [4.69, 9.17) is 5.21 Å². The highest BCUT2D eigenvalue weighted by Gasteiger charge is 1.95. The van der Waals surface area contributed by atoms with Gasteiger partial charge >= 0.3 is 0 Å². The second kappa shape index (κ2) is 1.73. The van der Waals surface area contributed by atoms with E-state index in [2.05, 4.69) is 4.98 Å². The topological polar surface area (TPSA) is 38.0 Å². The molecule has 0 fully saturated rings. The first-order valence-corrected chi connectivity index (χ1v) is 2.98. The number of hydrogen-bond donors (Lipinski definition) is 1. The Morgan fingerprint density at radius 2 is 2.30 bits per heavy atom. The molecule has 0 bridgehead atoms. The van der Waals surface area contributed by atoms with Crippen LogP contribution in [-0.4, -0.2) is 14.9 Å². The monoisotopic (exact) mass is 134 g/mol. The van der Waals surface area contributed by atoms with Crippen LogP contribution in [0, 0.1) is 0 Å². The van der Waals surface area contributed by atoms with Gasteiger partial charge in [-0.15, -0.1) is 0 Å². The van der Waals surface area contributed by atoms with E-state index in [1.165, 1.54) is 0 Å². The molecular weight excluding hydrogens is 128 g/mol. The highest BCUT2D eigenvalue weighted by molar-refractivity contribution is 5.78. The first kappa shape index (κ1) is 5.29. The molecule has 0 atom stereocenters. The third-order valence-corrected chi connectivity index (χ3v) is 1.47. The van der Waals surface area contributed by atoms with Crippen molar-refractivity contribution in [3.63, 3.8) is 0 Å². The molecule has 0 aromatic carbocycles. The quantitative estimate of drug-likeness (QED) is 0.551. The van der Waals surface area contributed by atoms with Gasteiger partial charge in [0.2, 0.25) is 0 Å². The molecule has 0 unspecified atom stereocenters. The van der Waals surface area contributed by atoms with Crippen LogP contribution in [0.3, 0.4) is 0 Å². The van der Waals surface area contributed by atoms with Crippen molar-refractivity contribution in [3.8, 4) is 0 Å². The molecule has 2 heterocycles. The van der Waals surface area contributed by atoms with E-state index in [1.54, 1.807) is 18.6 Å². The van der Waals surface area contributed by atoms with E-state index >= 15 is 0 Å². The number of hydrogen-bond acceptors (Lipinski definition) is 2. The normalized spacial score (nSPS) is 10.4. The van der Waals surface area contributed by atoms with Crippen LogP contribution in [0.5, 0.6) is 0 Å². The summed E-state index contributed by atoms with van der Waals surface area (Å²) in [6, 6.07) is 3.68. The third-order valence-electron chi connectivity index (χ3n) is 1.47. The summed E-state index contributed by atoms with van der Waals surface area (Å²) < 4.78 is 1.06. The molecule has 2 aromatic rings. The molecule has 2 aromatic heterocycles. The molecule has 0 aliphatic rings. The van der Waals surface area contributed by atoms with E-state index in [-0.39, 0.29) is 0 Å². The van der Waals surface area contributed by atoms with Gasteiger partial charge in [-0.05, 0) is 12.1 Å². The zero-order valence-electron chi connectivity index (χ0n) is 5.23. The van der Waals surface area contributed by atoms with Crippen molar-refractivity contribution in [1.29, 1.82) is 0 Å². The zero-order chi connectivity index (χ0) is 6.97. The molecule has 0 radical (unpaired) electrons. The summed E-state index contributed by atoms with van der Waals surface area (Å²) in [6.45, 7) is 0. The maximum atomic E-state index is 9.09. The summed E-state index contributed by atoms with van der Waals surface area (Å²) in [6.07, 6.45) is 4.91. The van der Waals surface area contributed by atoms with Crippen molar-refractivity contribution in [2.24, 2.45) is 0 Å². The van der Waals surface area contributed by atoms with Gasteiger partial charge in [0.1, 0.15) is 5.52 Å². The average Bonchev–Trinajstić information content (AvgIpc) is 2.34. The summed E-state index contributed by atoms with van der Waals surface area (Å²) in [5.74, 6) is 0.